The van der Waals surface area contributed by atoms with Crippen molar-refractivity contribution in [2.24, 2.45) is 0 Å². The van der Waals surface area contributed by atoms with Crippen LogP contribution in [0.5, 0.6) is 5.75 Å². The van der Waals surface area contributed by atoms with Crippen LogP contribution in [0.25, 0.3) is 0 Å². The zero-order valence-electron chi connectivity index (χ0n) is 13.5. The lowest BCUT2D eigenvalue weighted by molar-refractivity contribution is 0.00655. The lowest BCUT2D eigenvalue weighted by Crippen LogP contribution is -2.37. The average molecular weight is 279 g/mol. The van der Waals surface area contributed by atoms with E-state index in [1.54, 1.807) is 14.2 Å². The lowest BCUT2D eigenvalue weighted by Gasteiger charge is -2.29. The first kappa shape index (κ1) is 17.0. The minimum Gasteiger partial charge on any atom is -0.497 e. The van der Waals surface area contributed by atoms with Gasteiger partial charge in [-0.15, -0.1) is 0 Å². The molecule has 20 heavy (non-hydrogen) atoms. The summed E-state index contributed by atoms with van der Waals surface area (Å²) in [6.07, 6.45) is 3.21. The molecule has 0 radical (unpaired) electrons. The van der Waals surface area contributed by atoms with E-state index >= 15 is 0 Å². The number of aryl methyl sites for hydroxylation is 1. The van der Waals surface area contributed by atoms with Crippen LogP contribution >= 0.6 is 0 Å². The molecule has 1 atom stereocenters. The number of hydrogen-bond donors (Lipinski definition) is 1. The quantitative estimate of drug-likeness (QED) is 0.751. The Balaban J connectivity index is 2.52. The van der Waals surface area contributed by atoms with E-state index in [0.29, 0.717) is 6.04 Å². The predicted molar refractivity (Wildman–Crippen MR) is 84.5 cm³/mol. The van der Waals surface area contributed by atoms with E-state index in [1.165, 1.54) is 5.56 Å². The highest BCUT2D eigenvalue weighted by molar-refractivity contribution is 5.27. The molecule has 0 aliphatic heterocycles. The van der Waals surface area contributed by atoms with E-state index in [1.807, 2.05) is 12.1 Å². The van der Waals surface area contributed by atoms with Crippen molar-refractivity contribution in [2.45, 2.75) is 51.7 Å². The van der Waals surface area contributed by atoms with Crippen LogP contribution in [0.15, 0.2) is 24.3 Å². The first-order valence-electron chi connectivity index (χ1n) is 7.42. The van der Waals surface area contributed by atoms with E-state index in [-0.39, 0.29) is 5.60 Å². The summed E-state index contributed by atoms with van der Waals surface area (Å²) in [5, 5.41) is 3.56. The van der Waals surface area contributed by atoms with Crippen LogP contribution in [0.4, 0.5) is 0 Å². The molecular formula is C17H29NO2. The highest BCUT2D eigenvalue weighted by atomic mass is 16.5. The van der Waals surface area contributed by atoms with Gasteiger partial charge in [-0.25, -0.2) is 0 Å². The Hall–Kier alpha value is -1.06. The van der Waals surface area contributed by atoms with Gasteiger partial charge < -0.3 is 14.8 Å². The van der Waals surface area contributed by atoms with Gasteiger partial charge in [-0.2, -0.15) is 0 Å². The van der Waals surface area contributed by atoms with Crippen LogP contribution in [0.3, 0.4) is 0 Å². The van der Waals surface area contributed by atoms with Gasteiger partial charge in [0.1, 0.15) is 5.75 Å². The second kappa shape index (κ2) is 8.28. The van der Waals surface area contributed by atoms with E-state index in [9.17, 15) is 0 Å². The average Bonchev–Trinajstić information content (AvgIpc) is 2.45. The molecule has 0 aromatic heterocycles. The maximum absolute atomic E-state index is 5.54. The molecule has 1 rings (SSSR count). The summed E-state index contributed by atoms with van der Waals surface area (Å²) in [6.45, 7) is 7.43. The Kier molecular flexibility index (Phi) is 7.03. The molecule has 0 amide bonds. The fourth-order valence-corrected chi connectivity index (χ4v) is 2.37. The van der Waals surface area contributed by atoms with Crippen molar-refractivity contribution >= 4 is 0 Å². The largest absolute Gasteiger partial charge is 0.497 e. The first-order valence-corrected chi connectivity index (χ1v) is 7.42. The van der Waals surface area contributed by atoms with Crippen molar-refractivity contribution in [2.75, 3.05) is 20.8 Å². The maximum atomic E-state index is 5.54. The highest BCUT2D eigenvalue weighted by Crippen LogP contribution is 2.19. The number of methoxy groups -OCH3 is 2. The van der Waals surface area contributed by atoms with E-state index in [0.717, 1.165) is 31.6 Å². The number of hydrogen-bond acceptors (Lipinski definition) is 3. The van der Waals surface area contributed by atoms with E-state index < -0.39 is 0 Å². The Morgan fingerprint density at radius 3 is 2.30 bits per heavy atom. The summed E-state index contributed by atoms with van der Waals surface area (Å²) >= 11 is 0. The molecule has 1 unspecified atom stereocenters. The fraction of sp³-hybridized carbons (Fsp3) is 0.647. The topological polar surface area (TPSA) is 30.5 Å². The molecular weight excluding hydrogens is 250 g/mol. The van der Waals surface area contributed by atoms with Gasteiger partial charge in [0.05, 0.1) is 12.7 Å². The maximum Gasteiger partial charge on any atom is 0.118 e. The number of ether oxygens (including phenoxy) is 2. The van der Waals surface area contributed by atoms with Crippen LogP contribution in [-0.4, -0.2) is 32.4 Å². The molecule has 0 spiro atoms. The lowest BCUT2D eigenvalue weighted by atomic mass is 9.94. The van der Waals surface area contributed by atoms with Crippen LogP contribution in [-0.2, 0) is 11.2 Å². The normalized spacial score (nSPS) is 13.2. The van der Waals surface area contributed by atoms with Crippen LogP contribution in [0.1, 0.15) is 39.2 Å². The van der Waals surface area contributed by atoms with Crippen molar-refractivity contribution in [1.82, 2.24) is 5.32 Å². The first-order chi connectivity index (χ1) is 9.50. The van der Waals surface area contributed by atoms with Crippen molar-refractivity contribution in [3.05, 3.63) is 29.8 Å². The van der Waals surface area contributed by atoms with Crippen LogP contribution in [0.2, 0.25) is 0 Å². The van der Waals surface area contributed by atoms with Crippen molar-refractivity contribution in [3.63, 3.8) is 0 Å². The Morgan fingerprint density at radius 1 is 1.15 bits per heavy atom. The second-order valence-electron chi connectivity index (χ2n) is 5.81. The standard InChI is InChI=1S/C17H29NO2/c1-6-18-15(13-17(2,3)20-5)10-7-14-8-11-16(19-4)12-9-14/h8-9,11-12,15,18H,6-7,10,13H2,1-5H3. The van der Waals surface area contributed by atoms with Gasteiger partial charge in [0, 0.05) is 13.2 Å². The molecule has 1 N–H and O–H groups in total. The summed E-state index contributed by atoms with van der Waals surface area (Å²) in [6, 6.07) is 8.82. The highest BCUT2D eigenvalue weighted by Gasteiger charge is 2.22. The van der Waals surface area contributed by atoms with Gasteiger partial charge >= 0.3 is 0 Å². The third kappa shape index (κ3) is 5.93. The summed E-state index contributed by atoms with van der Waals surface area (Å²) in [4.78, 5) is 0. The van der Waals surface area contributed by atoms with Gasteiger partial charge in [0.2, 0.25) is 0 Å². The molecule has 1 aromatic rings. The number of nitrogens with one attached hydrogen (secondary N) is 1. The van der Waals surface area contributed by atoms with Gasteiger partial charge in [-0.3, -0.25) is 0 Å². The summed E-state index contributed by atoms with van der Waals surface area (Å²) in [5.74, 6) is 0.914. The predicted octanol–water partition coefficient (Wildman–Crippen LogP) is 3.42. The molecule has 1 aromatic carbocycles. The Morgan fingerprint density at radius 2 is 1.80 bits per heavy atom. The smallest absolute Gasteiger partial charge is 0.118 e. The zero-order valence-corrected chi connectivity index (χ0v) is 13.5. The van der Waals surface area contributed by atoms with Crippen LogP contribution < -0.4 is 10.1 Å². The molecule has 3 heteroatoms. The van der Waals surface area contributed by atoms with Gasteiger partial charge in [0.25, 0.3) is 0 Å². The summed E-state index contributed by atoms with van der Waals surface area (Å²) in [5.41, 5.74) is 1.27. The van der Waals surface area contributed by atoms with Crippen LogP contribution in [0, 0.1) is 0 Å². The van der Waals surface area contributed by atoms with Gasteiger partial charge in [-0.1, -0.05) is 19.1 Å². The minimum atomic E-state index is -0.0766. The van der Waals surface area contributed by atoms with E-state index in [4.69, 9.17) is 9.47 Å². The molecule has 0 saturated heterocycles. The van der Waals surface area contributed by atoms with Gasteiger partial charge in [-0.05, 0) is 57.4 Å². The molecule has 0 bridgehead atoms. The Labute approximate surface area is 123 Å². The summed E-state index contributed by atoms with van der Waals surface area (Å²) in [7, 11) is 3.48. The molecule has 0 heterocycles. The van der Waals surface area contributed by atoms with Gasteiger partial charge in [0.15, 0.2) is 0 Å². The SMILES string of the molecule is CCNC(CCc1ccc(OC)cc1)CC(C)(C)OC. The fourth-order valence-electron chi connectivity index (χ4n) is 2.37. The Bertz CT molecular complexity index is 373. The third-order valence-electron chi connectivity index (χ3n) is 3.72. The number of benzene rings is 1. The number of rotatable bonds is 9. The zero-order chi connectivity index (χ0) is 15.0. The van der Waals surface area contributed by atoms with E-state index in [2.05, 4.69) is 38.2 Å². The second-order valence-corrected chi connectivity index (χ2v) is 5.81. The molecule has 0 saturated carbocycles. The van der Waals surface area contributed by atoms with Crippen molar-refractivity contribution < 1.29 is 9.47 Å². The van der Waals surface area contributed by atoms with Crippen molar-refractivity contribution in [3.8, 4) is 5.75 Å². The molecule has 0 aliphatic carbocycles. The molecule has 0 fully saturated rings. The molecule has 0 aliphatic rings. The molecule has 3 nitrogen and oxygen atoms in total. The summed E-state index contributed by atoms with van der Waals surface area (Å²) < 4.78 is 10.7. The monoisotopic (exact) mass is 279 g/mol. The minimum absolute atomic E-state index is 0.0766. The molecule has 114 valence electrons. The third-order valence-corrected chi connectivity index (χ3v) is 3.72. The van der Waals surface area contributed by atoms with Crippen molar-refractivity contribution in [1.29, 1.82) is 0 Å².